The highest BCUT2D eigenvalue weighted by atomic mass is 19.1. The van der Waals surface area contributed by atoms with E-state index in [1.54, 1.807) is 0 Å². The van der Waals surface area contributed by atoms with Crippen LogP contribution in [-0.2, 0) is 4.74 Å². The van der Waals surface area contributed by atoms with Gasteiger partial charge in [-0.2, -0.15) is 5.10 Å². The molecule has 0 unspecified atom stereocenters. The van der Waals surface area contributed by atoms with Crippen molar-refractivity contribution >= 4 is 5.91 Å². The maximum Gasteiger partial charge on any atom is 0.270 e. The molecule has 25 heavy (non-hydrogen) atoms. The molecule has 3 N–H and O–H groups in total. The van der Waals surface area contributed by atoms with Crippen molar-refractivity contribution in [2.75, 3.05) is 6.54 Å². The number of carbonyl (C=O) groups excluding carboxylic acids is 1. The van der Waals surface area contributed by atoms with Crippen molar-refractivity contribution in [1.82, 2.24) is 15.1 Å². The molecule has 3 atom stereocenters. The summed E-state index contributed by atoms with van der Waals surface area (Å²) in [4.78, 5) is 11.7. The van der Waals surface area contributed by atoms with Gasteiger partial charge in [0.05, 0.1) is 17.9 Å². The second-order valence-corrected chi connectivity index (χ2v) is 7.00. The van der Waals surface area contributed by atoms with Crippen LogP contribution in [0, 0.1) is 5.82 Å². The summed E-state index contributed by atoms with van der Waals surface area (Å²) in [5, 5.41) is 7.71. The van der Waals surface area contributed by atoms with Crippen LogP contribution in [0.2, 0.25) is 0 Å². The highest BCUT2D eigenvalue weighted by Gasteiger charge is 2.41. The molecule has 1 amide bonds. The van der Waals surface area contributed by atoms with Crippen LogP contribution in [0.25, 0.3) is 5.69 Å². The fourth-order valence-electron chi connectivity index (χ4n) is 3.67. The minimum atomic E-state index is -0.832. The van der Waals surface area contributed by atoms with Gasteiger partial charge >= 0.3 is 0 Å². The van der Waals surface area contributed by atoms with Gasteiger partial charge in [-0.15, -0.1) is 0 Å². The number of nitrogens with two attached hydrogens (primary N) is 1. The van der Waals surface area contributed by atoms with E-state index in [2.05, 4.69) is 10.4 Å². The monoisotopic (exact) mass is 344 g/mol. The summed E-state index contributed by atoms with van der Waals surface area (Å²) in [6.45, 7) is 4.55. The lowest BCUT2D eigenvalue weighted by Crippen LogP contribution is -2.33. The van der Waals surface area contributed by atoms with E-state index in [0.717, 1.165) is 18.5 Å². The van der Waals surface area contributed by atoms with E-state index in [0.29, 0.717) is 11.7 Å². The molecule has 2 aromatic rings. The molecule has 3 heterocycles. The molecule has 2 bridgehead atoms. The van der Waals surface area contributed by atoms with E-state index in [1.165, 1.54) is 4.68 Å². The molecule has 0 radical (unpaired) electrons. The SMILES string of the molecule is CC(C)c1nn(-c2ccc([C@@H]3O[C@H]4CN[C@@H]3C4)cc2)c(C(N)=O)c1F. The number of halogens is 1. The third-order valence-corrected chi connectivity index (χ3v) is 4.93. The number of benzene rings is 1. The molecule has 4 rings (SSSR count). The number of hydrogen-bond acceptors (Lipinski definition) is 4. The molecule has 7 heteroatoms. The number of ether oxygens (including phenoxy) is 1. The first-order valence-corrected chi connectivity index (χ1v) is 8.53. The Bertz CT molecular complexity index is 815. The van der Waals surface area contributed by atoms with Gasteiger partial charge in [-0.25, -0.2) is 9.07 Å². The molecular formula is C18H21FN4O2. The second kappa shape index (κ2) is 5.93. The van der Waals surface area contributed by atoms with Crippen LogP contribution in [0.15, 0.2) is 24.3 Å². The number of carbonyl (C=O) groups is 1. The minimum Gasteiger partial charge on any atom is -0.367 e. The number of fused-ring (bicyclic) bond motifs is 2. The van der Waals surface area contributed by atoms with Crippen LogP contribution in [0.3, 0.4) is 0 Å². The van der Waals surface area contributed by atoms with E-state index < -0.39 is 11.7 Å². The topological polar surface area (TPSA) is 82.2 Å². The van der Waals surface area contributed by atoms with Crippen molar-refractivity contribution in [3.8, 4) is 5.69 Å². The minimum absolute atomic E-state index is 0.0315. The molecule has 0 spiro atoms. The first-order valence-electron chi connectivity index (χ1n) is 8.53. The average molecular weight is 344 g/mol. The molecule has 2 saturated heterocycles. The molecule has 132 valence electrons. The first-order chi connectivity index (χ1) is 12.0. The Hall–Kier alpha value is -2.25. The van der Waals surface area contributed by atoms with E-state index in [-0.39, 0.29) is 29.5 Å². The predicted molar refractivity (Wildman–Crippen MR) is 90.2 cm³/mol. The quantitative estimate of drug-likeness (QED) is 0.889. The summed E-state index contributed by atoms with van der Waals surface area (Å²) in [6, 6.07) is 7.83. The predicted octanol–water partition coefficient (Wildman–Crippen LogP) is 2.04. The van der Waals surface area contributed by atoms with E-state index in [1.807, 2.05) is 38.1 Å². The maximum atomic E-state index is 14.5. The van der Waals surface area contributed by atoms with Crippen LogP contribution in [-0.4, -0.2) is 34.4 Å². The zero-order chi connectivity index (χ0) is 17.7. The van der Waals surface area contributed by atoms with Gasteiger partial charge in [-0.1, -0.05) is 26.0 Å². The summed E-state index contributed by atoms with van der Waals surface area (Å²) in [5.41, 5.74) is 7.04. The summed E-state index contributed by atoms with van der Waals surface area (Å²) in [7, 11) is 0. The Morgan fingerprint density at radius 3 is 2.64 bits per heavy atom. The fourth-order valence-corrected chi connectivity index (χ4v) is 3.67. The number of rotatable bonds is 4. The normalized spacial score (nSPS) is 25.0. The van der Waals surface area contributed by atoms with Crippen molar-refractivity contribution in [2.45, 2.75) is 44.4 Å². The van der Waals surface area contributed by atoms with E-state index >= 15 is 0 Å². The van der Waals surface area contributed by atoms with Crippen LogP contribution in [0.1, 0.15) is 54.0 Å². The smallest absolute Gasteiger partial charge is 0.270 e. The standard InChI is InChI=1S/C18H21FN4O2/c1-9(2)15-14(19)16(18(20)24)23(22-15)11-5-3-10(4-6-11)17-13-7-12(25-17)8-21-13/h3-6,9,12-13,17,21H,7-8H2,1-2H3,(H2,20,24)/t12-,13-,17+/m1/s1. The van der Waals surface area contributed by atoms with Gasteiger partial charge < -0.3 is 15.8 Å². The molecule has 2 aliphatic rings. The highest BCUT2D eigenvalue weighted by Crippen LogP contribution is 2.37. The van der Waals surface area contributed by atoms with Gasteiger partial charge in [0.15, 0.2) is 11.5 Å². The van der Waals surface area contributed by atoms with Gasteiger partial charge in [0.25, 0.3) is 5.91 Å². The van der Waals surface area contributed by atoms with Crippen LogP contribution in [0.5, 0.6) is 0 Å². The zero-order valence-electron chi connectivity index (χ0n) is 14.2. The number of morpholine rings is 1. The van der Waals surface area contributed by atoms with Crippen LogP contribution in [0.4, 0.5) is 4.39 Å². The number of nitrogens with one attached hydrogen (secondary N) is 1. The Morgan fingerprint density at radius 2 is 2.12 bits per heavy atom. The number of primary amides is 1. The number of amides is 1. The van der Waals surface area contributed by atoms with Crippen LogP contribution < -0.4 is 11.1 Å². The molecule has 1 aromatic carbocycles. The molecule has 2 fully saturated rings. The van der Waals surface area contributed by atoms with Crippen molar-refractivity contribution < 1.29 is 13.9 Å². The highest BCUT2D eigenvalue weighted by molar-refractivity contribution is 5.92. The van der Waals surface area contributed by atoms with E-state index in [4.69, 9.17) is 10.5 Å². The summed E-state index contributed by atoms with van der Waals surface area (Å²) < 4.78 is 21.8. The van der Waals surface area contributed by atoms with Crippen molar-refractivity contribution in [2.24, 2.45) is 5.73 Å². The van der Waals surface area contributed by atoms with Gasteiger partial charge in [0.2, 0.25) is 0 Å². The lowest BCUT2D eigenvalue weighted by Gasteiger charge is -2.23. The van der Waals surface area contributed by atoms with Crippen molar-refractivity contribution in [1.29, 1.82) is 0 Å². The molecule has 1 aromatic heterocycles. The van der Waals surface area contributed by atoms with Gasteiger partial charge in [0, 0.05) is 18.5 Å². The fraction of sp³-hybridized carbons (Fsp3) is 0.444. The number of aromatic nitrogens is 2. The van der Waals surface area contributed by atoms with Gasteiger partial charge in [-0.05, 0) is 24.1 Å². The van der Waals surface area contributed by atoms with Crippen molar-refractivity contribution in [3.05, 3.63) is 47.0 Å². The van der Waals surface area contributed by atoms with Crippen molar-refractivity contribution in [3.63, 3.8) is 0 Å². The molecule has 2 aliphatic heterocycles. The molecule has 6 nitrogen and oxygen atoms in total. The summed E-state index contributed by atoms with van der Waals surface area (Å²) >= 11 is 0. The average Bonchev–Trinajstić information content (AvgIpc) is 3.28. The lowest BCUT2D eigenvalue weighted by molar-refractivity contribution is 0.0160. The number of nitrogens with zero attached hydrogens (tertiary/aromatic N) is 2. The summed E-state index contributed by atoms with van der Waals surface area (Å²) in [6.07, 6.45) is 1.34. The second-order valence-electron chi connectivity index (χ2n) is 7.00. The molecule has 0 aliphatic carbocycles. The Balaban J connectivity index is 1.68. The van der Waals surface area contributed by atoms with Gasteiger partial charge in [-0.3, -0.25) is 4.79 Å². The maximum absolute atomic E-state index is 14.5. The third-order valence-electron chi connectivity index (χ3n) is 4.93. The summed E-state index contributed by atoms with van der Waals surface area (Å²) in [5.74, 6) is -1.62. The Labute approximate surface area is 145 Å². The third kappa shape index (κ3) is 2.63. The number of hydrogen-bond donors (Lipinski definition) is 2. The van der Waals surface area contributed by atoms with Crippen LogP contribution >= 0.6 is 0 Å². The van der Waals surface area contributed by atoms with Gasteiger partial charge in [0.1, 0.15) is 5.69 Å². The lowest BCUT2D eigenvalue weighted by atomic mass is 10.0. The largest absolute Gasteiger partial charge is 0.367 e. The Morgan fingerprint density at radius 1 is 1.40 bits per heavy atom. The van der Waals surface area contributed by atoms with E-state index in [9.17, 15) is 9.18 Å². The first kappa shape index (κ1) is 16.2. The zero-order valence-corrected chi connectivity index (χ0v) is 14.2. The molecule has 0 saturated carbocycles. The Kier molecular flexibility index (Phi) is 3.85. The molecular weight excluding hydrogens is 323 g/mol.